The number of hydrogen-bond donors (Lipinski definition) is 3. The molecule has 1 aromatic carbocycles. The van der Waals surface area contributed by atoms with E-state index in [1.807, 2.05) is 31.2 Å². The number of piperidine rings is 1. The number of nitrogens with one attached hydrogen (secondary N) is 3. The quantitative estimate of drug-likeness (QED) is 0.478. The Balaban J connectivity index is 1.34. The van der Waals surface area contributed by atoms with Gasteiger partial charge in [-0.3, -0.25) is 19.7 Å². The van der Waals surface area contributed by atoms with Crippen LogP contribution in [-0.4, -0.2) is 33.8 Å². The number of rotatable bonds is 4. The van der Waals surface area contributed by atoms with Crippen molar-refractivity contribution in [1.29, 1.82) is 0 Å². The summed E-state index contributed by atoms with van der Waals surface area (Å²) in [6, 6.07) is 7.00. The molecule has 1 saturated heterocycles. The van der Waals surface area contributed by atoms with Gasteiger partial charge in [0.1, 0.15) is 6.04 Å². The van der Waals surface area contributed by atoms with Crippen LogP contribution >= 0.6 is 35.2 Å². The molecule has 30 heavy (non-hydrogen) atoms. The van der Waals surface area contributed by atoms with Crippen molar-refractivity contribution in [3.8, 4) is 0 Å². The van der Waals surface area contributed by atoms with Gasteiger partial charge in [-0.25, -0.2) is 0 Å². The van der Waals surface area contributed by atoms with Crippen molar-refractivity contribution < 1.29 is 14.4 Å². The van der Waals surface area contributed by atoms with Crippen LogP contribution in [0.15, 0.2) is 24.3 Å². The highest BCUT2D eigenvalue weighted by Gasteiger charge is 2.40. The second-order valence-electron chi connectivity index (χ2n) is 7.24. The van der Waals surface area contributed by atoms with Gasteiger partial charge in [0.05, 0.1) is 11.4 Å². The maximum Gasteiger partial charge on any atom is 0.265 e. The third-order valence-electron chi connectivity index (χ3n) is 5.10. The monoisotopic (exact) mass is 462 g/mol. The van der Waals surface area contributed by atoms with Crippen LogP contribution < -0.4 is 16.0 Å². The number of carbonyl (C=O) groups is 3. The fourth-order valence-electron chi connectivity index (χ4n) is 3.50. The predicted molar refractivity (Wildman–Crippen MR) is 120 cm³/mol. The van der Waals surface area contributed by atoms with Gasteiger partial charge in [0.25, 0.3) is 5.91 Å². The molecule has 2 aliphatic heterocycles. The zero-order chi connectivity index (χ0) is 21.4. The number of thiophene rings is 1. The van der Waals surface area contributed by atoms with E-state index < -0.39 is 11.9 Å². The van der Waals surface area contributed by atoms with Crippen LogP contribution in [0.3, 0.4) is 0 Å². The van der Waals surface area contributed by atoms with Crippen molar-refractivity contribution in [1.82, 2.24) is 15.5 Å². The van der Waals surface area contributed by atoms with E-state index >= 15 is 0 Å². The summed E-state index contributed by atoms with van der Waals surface area (Å²) in [5.41, 5.74) is 2.69. The summed E-state index contributed by atoms with van der Waals surface area (Å²) >= 11 is 12.9. The largest absolute Gasteiger partial charge is 0.358 e. The molecule has 7 nitrogen and oxygen atoms in total. The second-order valence-corrected chi connectivity index (χ2v) is 9.19. The molecule has 3 amide bonds. The lowest BCUT2D eigenvalue weighted by atomic mass is 10.0. The molecule has 10 heteroatoms. The second kappa shape index (κ2) is 8.33. The number of benzene rings is 1. The van der Waals surface area contributed by atoms with Gasteiger partial charge in [0, 0.05) is 28.6 Å². The molecule has 4 rings (SSSR count). The van der Waals surface area contributed by atoms with Gasteiger partial charge in [-0.2, -0.15) is 0 Å². The average molecular weight is 463 g/mol. The predicted octanol–water partition coefficient (Wildman–Crippen LogP) is 2.96. The van der Waals surface area contributed by atoms with Gasteiger partial charge in [0.15, 0.2) is 5.11 Å². The van der Waals surface area contributed by atoms with Crippen LogP contribution in [0, 0.1) is 6.92 Å². The van der Waals surface area contributed by atoms with E-state index in [1.165, 1.54) is 11.3 Å². The molecule has 3 N–H and O–H groups in total. The van der Waals surface area contributed by atoms with Crippen molar-refractivity contribution >= 4 is 63.7 Å². The number of nitrogens with zero attached hydrogens (tertiary/aromatic N) is 1. The van der Waals surface area contributed by atoms with Crippen LogP contribution in [0.5, 0.6) is 0 Å². The Morgan fingerprint density at radius 2 is 2.13 bits per heavy atom. The highest BCUT2D eigenvalue weighted by Crippen LogP contribution is 2.33. The number of amides is 3. The first kappa shape index (κ1) is 20.8. The van der Waals surface area contributed by atoms with E-state index in [2.05, 4.69) is 16.0 Å². The third kappa shape index (κ3) is 4.19. The lowest BCUT2D eigenvalue weighted by Gasteiger charge is -2.29. The number of hydrogen-bond acceptors (Lipinski definition) is 5. The fourth-order valence-corrected chi connectivity index (χ4v) is 4.94. The minimum Gasteiger partial charge on any atom is -0.358 e. The molecule has 156 valence electrons. The summed E-state index contributed by atoms with van der Waals surface area (Å²) in [7, 11) is 0. The molecule has 0 aliphatic carbocycles. The highest BCUT2D eigenvalue weighted by atomic mass is 35.5. The summed E-state index contributed by atoms with van der Waals surface area (Å²) < 4.78 is 0. The van der Waals surface area contributed by atoms with Gasteiger partial charge in [-0.15, -0.1) is 11.3 Å². The first-order valence-corrected chi connectivity index (χ1v) is 11.0. The highest BCUT2D eigenvalue weighted by molar-refractivity contribution is 7.80. The Morgan fingerprint density at radius 3 is 2.83 bits per heavy atom. The SMILES string of the molecule is Cc1ccc(NC(=S)NCc2cc3c(s2)C(=O)N(C2CCC(=O)NC2=O)C3)cc1Cl. The number of thiocarbonyl (C=S) groups is 1. The van der Waals surface area contributed by atoms with Crippen LogP contribution in [0.25, 0.3) is 0 Å². The van der Waals surface area contributed by atoms with E-state index in [0.717, 1.165) is 21.7 Å². The summed E-state index contributed by atoms with van der Waals surface area (Å²) in [6.45, 7) is 2.79. The third-order valence-corrected chi connectivity index (χ3v) is 6.91. The Hall–Kier alpha value is -2.49. The summed E-state index contributed by atoms with van der Waals surface area (Å²) in [5.74, 6) is -0.849. The van der Waals surface area contributed by atoms with Gasteiger partial charge in [-0.05, 0) is 54.9 Å². The first-order valence-electron chi connectivity index (χ1n) is 9.39. The number of anilines is 1. The number of aryl methyl sites for hydroxylation is 1. The zero-order valence-electron chi connectivity index (χ0n) is 16.1. The lowest BCUT2D eigenvalue weighted by Crippen LogP contribution is -2.52. The van der Waals surface area contributed by atoms with Crippen LogP contribution in [-0.2, 0) is 22.7 Å². The minimum absolute atomic E-state index is 0.161. The standard InChI is InChI=1S/C20H19ClN4O3S2/c1-10-2-3-12(7-14(10)21)23-20(29)22-8-13-6-11-9-25(19(28)17(11)30-13)15-4-5-16(26)24-18(15)27/h2-3,6-7,15H,4-5,8-9H2,1H3,(H2,22,23,29)(H,24,26,27). The number of halogens is 1. The van der Waals surface area contributed by atoms with Crippen LogP contribution in [0.1, 0.15) is 38.5 Å². The van der Waals surface area contributed by atoms with E-state index in [-0.39, 0.29) is 18.2 Å². The molecular weight excluding hydrogens is 444 g/mol. The zero-order valence-corrected chi connectivity index (χ0v) is 18.5. The Labute approximate surface area is 187 Å². The molecule has 0 radical (unpaired) electrons. The summed E-state index contributed by atoms with van der Waals surface area (Å²) in [4.78, 5) is 39.4. The van der Waals surface area contributed by atoms with Gasteiger partial charge in [0.2, 0.25) is 11.8 Å². The van der Waals surface area contributed by atoms with Gasteiger partial charge in [-0.1, -0.05) is 17.7 Å². The van der Waals surface area contributed by atoms with Crippen molar-refractivity contribution in [3.63, 3.8) is 0 Å². The molecule has 2 aliphatic rings. The molecule has 1 fully saturated rings. The summed E-state index contributed by atoms with van der Waals surface area (Å²) in [5, 5.41) is 9.65. The fraction of sp³-hybridized carbons (Fsp3) is 0.300. The van der Waals surface area contributed by atoms with Crippen molar-refractivity contribution in [2.75, 3.05) is 5.32 Å². The number of fused-ring (bicyclic) bond motifs is 1. The van der Waals surface area contributed by atoms with Crippen LogP contribution in [0.4, 0.5) is 5.69 Å². The molecule has 1 aromatic heterocycles. The Bertz CT molecular complexity index is 1070. The molecule has 2 aromatic rings. The van der Waals surface area contributed by atoms with E-state index in [9.17, 15) is 14.4 Å². The van der Waals surface area contributed by atoms with E-state index in [4.69, 9.17) is 23.8 Å². The lowest BCUT2D eigenvalue weighted by molar-refractivity contribution is -0.136. The number of carbonyl (C=O) groups excluding carboxylic acids is 3. The van der Waals surface area contributed by atoms with Crippen molar-refractivity contribution in [2.45, 2.75) is 38.9 Å². The Morgan fingerprint density at radius 1 is 1.33 bits per heavy atom. The normalized spacial score (nSPS) is 18.3. The molecule has 3 heterocycles. The Kier molecular flexibility index (Phi) is 5.77. The van der Waals surface area contributed by atoms with Crippen molar-refractivity contribution in [3.05, 3.63) is 50.2 Å². The summed E-state index contributed by atoms with van der Waals surface area (Å²) in [6.07, 6.45) is 0.613. The van der Waals surface area contributed by atoms with Gasteiger partial charge >= 0.3 is 0 Å². The van der Waals surface area contributed by atoms with Crippen molar-refractivity contribution in [2.24, 2.45) is 0 Å². The number of imide groups is 1. The smallest absolute Gasteiger partial charge is 0.265 e. The molecular formula is C20H19ClN4O3S2. The molecule has 1 atom stereocenters. The first-order chi connectivity index (χ1) is 14.3. The molecule has 0 spiro atoms. The topological polar surface area (TPSA) is 90.5 Å². The molecule has 1 unspecified atom stereocenters. The molecule has 0 saturated carbocycles. The minimum atomic E-state index is -0.588. The van der Waals surface area contributed by atoms with E-state index in [0.29, 0.717) is 34.5 Å². The van der Waals surface area contributed by atoms with E-state index in [1.54, 1.807) is 4.90 Å². The van der Waals surface area contributed by atoms with Gasteiger partial charge < -0.3 is 15.5 Å². The molecule has 0 bridgehead atoms. The average Bonchev–Trinajstić information content (AvgIpc) is 3.22. The maximum atomic E-state index is 12.8. The maximum absolute atomic E-state index is 12.8. The van der Waals surface area contributed by atoms with Crippen LogP contribution in [0.2, 0.25) is 5.02 Å².